The van der Waals surface area contributed by atoms with Gasteiger partial charge in [-0.2, -0.15) is 4.31 Å². The molecule has 1 aromatic heterocycles. The van der Waals surface area contributed by atoms with Crippen LogP contribution in [-0.2, 0) is 10.0 Å². The lowest BCUT2D eigenvalue weighted by atomic mass is 10.2. The molecule has 0 radical (unpaired) electrons. The van der Waals surface area contributed by atoms with Crippen molar-refractivity contribution in [2.75, 3.05) is 32.1 Å². The second-order valence-corrected chi connectivity index (χ2v) is 6.71. The van der Waals surface area contributed by atoms with Crippen LogP contribution in [0.15, 0.2) is 23.2 Å². The second kappa shape index (κ2) is 5.24. The van der Waals surface area contributed by atoms with E-state index in [0.29, 0.717) is 18.0 Å². The monoisotopic (exact) mass is 270 g/mol. The first-order valence-electron chi connectivity index (χ1n) is 6.21. The number of aromatic amines is 1. The Balaban J connectivity index is 2.23. The number of hydrogen-bond acceptors (Lipinski definition) is 3. The van der Waals surface area contributed by atoms with Gasteiger partial charge in [0, 0.05) is 19.2 Å². The minimum Gasteiger partial charge on any atom is -0.267 e. The number of sulfonamides is 1. The molecule has 5 nitrogen and oxygen atoms in total. The molecule has 0 saturated carbocycles. The molecule has 0 bridgehead atoms. The zero-order valence-electron chi connectivity index (χ0n) is 10.9. The van der Waals surface area contributed by atoms with Crippen LogP contribution in [0.4, 0.5) is 5.82 Å². The Morgan fingerprint density at radius 2 is 1.83 bits per heavy atom. The summed E-state index contributed by atoms with van der Waals surface area (Å²) in [6.45, 7) is 1.27. The highest BCUT2D eigenvalue weighted by molar-refractivity contribution is 7.89. The van der Waals surface area contributed by atoms with Gasteiger partial charge in [0.15, 0.2) is 0 Å². The number of nitrogens with zero attached hydrogens (tertiary/aromatic N) is 2. The normalized spacial score (nSPS) is 17.7. The summed E-state index contributed by atoms with van der Waals surface area (Å²) in [6.07, 6.45) is 4.61. The molecule has 100 valence electrons. The fraction of sp³-hybridized carbons (Fsp3) is 0.583. The Labute approximate surface area is 108 Å². The van der Waals surface area contributed by atoms with Gasteiger partial charge < -0.3 is 0 Å². The van der Waals surface area contributed by atoms with Crippen LogP contribution in [0.1, 0.15) is 19.3 Å². The Kier molecular flexibility index (Phi) is 3.87. The van der Waals surface area contributed by atoms with Gasteiger partial charge in [-0.25, -0.2) is 13.4 Å². The maximum absolute atomic E-state index is 12.4. The van der Waals surface area contributed by atoms with Crippen molar-refractivity contribution in [2.24, 2.45) is 0 Å². The Morgan fingerprint density at radius 3 is 2.33 bits per heavy atom. The van der Waals surface area contributed by atoms with Crippen molar-refractivity contribution in [3.05, 3.63) is 18.3 Å². The van der Waals surface area contributed by atoms with E-state index in [0.717, 1.165) is 25.1 Å². The van der Waals surface area contributed by atoms with Crippen molar-refractivity contribution >= 4 is 15.8 Å². The molecular weight excluding hydrogens is 250 g/mol. The van der Waals surface area contributed by atoms with Gasteiger partial charge in [0.05, 0.1) is 14.1 Å². The molecule has 1 aliphatic heterocycles. The lowest BCUT2D eigenvalue weighted by molar-refractivity contribution is -0.366. The highest BCUT2D eigenvalue weighted by Crippen LogP contribution is 2.19. The van der Waals surface area contributed by atoms with Gasteiger partial charge >= 0.3 is 0 Å². The van der Waals surface area contributed by atoms with Gasteiger partial charge in [0.25, 0.3) is 5.82 Å². The van der Waals surface area contributed by atoms with E-state index >= 15 is 0 Å². The number of piperidine rings is 1. The average molecular weight is 270 g/mol. The molecule has 0 unspecified atom stereocenters. The third-order valence-corrected chi connectivity index (χ3v) is 5.10. The molecule has 2 rings (SSSR count). The van der Waals surface area contributed by atoms with Crippen molar-refractivity contribution < 1.29 is 13.4 Å². The smallest absolute Gasteiger partial charge is 0.267 e. The number of aromatic nitrogens is 1. The number of nitrogens with one attached hydrogen (secondary N) is 1. The second-order valence-electron chi connectivity index (χ2n) is 4.77. The zero-order chi connectivity index (χ0) is 13.2. The number of anilines is 1. The highest BCUT2D eigenvalue weighted by atomic mass is 32.2. The Hall–Kier alpha value is -1.14. The lowest BCUT2D eigenvalue weighted by Crippen LogP contribution is -2.36. The van der Waals surface area contributed by atoms with Crippen molar-refractivity contribution in [3.8, 4) is 0 Å². The molecule has 0 aliphatic carbocycles. The number of H-pyrrole nitrogens is 1. The Bertz CT molecular complexity index is 491. The van der Waals surface area contributed by atoms with Crippen molar-refractivity contribution in [3.63, 3.8) is 0 Å². The molecule has 0 atom stereocenters. The third kappa shape index (κ3) is 2.64. The number of hydrogen-bond donors (Lipinski definition) is 0. The molecular formula is C12H20N3O2S+. The van der Waals surface area contributed by atoms with E-state index in [-0.39, 0.29) is 0 Å². The van der Waals surface area contributed by atoms with Crippen LogP contribution < -0.4 is 9.88 Å². The first-order valence-corrected chi connectivity index (χ1v) is 7.65. The van der Waals surface area contributed by atoms with Gasteiger partial charge in [-0.05, 0) is 18.9 Å². The molecule has 1 saturated heterocycles. The van der Waals surface area contributed by atoms with Gasteiger partial charge in [-0.15, -0.1) is 0 Å². The molecule has 18 heavy (non-hydrogen) atoms. The molecule has 0 spiro atoms. The summed E-state index contributed by atoms with van der Waals surface area (Å²) in [5.74, 6) is 0.882. The summed E-state index contributed by atoms with van der Waals surface area (Å²) in [5, 5.41) is 0. The van der Waals surface area contributed by atoms with Crippen LogP contribution >= 0.6 is 0 Å². The first-order chi connectivity index (χ1) is 8.51. The minimum atomic E-state index is -3.32. The van der Waals surface area contributed by atoms with Crippen molar-refractivity contribution in [2.45, 2.75) is 24.2 Å². The average Bonchev–Trinajstić information content (AvgIpc) is 2.40. The maximum atomic E-state index is 12.4. The van der Waals surface area contributed by atoms with E-state index in [1.54, 1.807) is 22.6 Å². The summed E-state index contributed by atoms with van der Waals surface area (Å²) < 4.78 is 26.3. The fourth-order valence-electron chi connectivity index (χ4n) is 2.10. The first kappa shape index (κ1) is 13.3. The van der Waals surface area contributed by atoms with Crippen LogP contribution in [0.25, 0.3) is 0 Å². The summed E-state index contributed by atoms with van der Waals surface area (Å²) in [7, 11) is 0.494. The SMILES string of the molecule is CN(C)c1ccc(S(=O)(=O)N2CCCCC2)c[nH+]1. The number of rotatable bonds is 3. The van der Waals surface area contributed by atoms with Crippen LogP contribution in [0, 0.1) is 0 Å². The minimum absolute atomic E-state index is 0.343. The molecule has 1 N–H and O–H groups in total. The van der Waals surface area contributed by atoms with E-state index in [9.17, 15) is 8.42 Å². The van der Waals surface area contributed by atoms with Gasteiger partial charge in [0.2, 0.25) is 10.0 Å². The molecule has 1 aliphatic rings. The molecule has 2 heterocycles. The predicted molar refractivity (Wildman–Crippen MR) is 69.9 cm³/mol. The van der Waals surface area contributed by atoms with E-state index in [1.165, 1.54) is 0 Å². The summed E-state index contributed by atoms with van der Waals surface area (Å²) in [6, 6.07) is 3.45. The van der Waals surface area contributed by atoms with Crippen LogP contribution in [0.3, 0.4) is 0 Å². The summed E-state index contributed by atoms with van der Waals surface area (Å²) in [4.78, 5) is 5.24. The van der Waals surface area contributed by atoms with Crippen molar-refractivity contribution in [1.82, 2.24) is 4.31 Å². The standard InChI is InChI=1S/C12H19N3O2S/c1-14(2)12-7-6-11(10-13-12)18(16,17)15-8-4-3-5-9-15/h6-7,10H,3-5,8-9H2,1-2H3/p+1. The molecule has 0 aromatic carbocycles. The van der Waals surface area contributed by atoms with Crippen molar-refractivity contribution in [1.29, 1.82) is 0 Å². The van der Waals surface area contributed by atoms with Crippen LogP contribution in [0.5, 0.6) is 0 Å². The molecule has 1 aromatic rings. The quantitative estimate of drug-likeness (QED) is 0.814. The fourth-order valence-corrected chi connectivity index (χ4v) is 3.58. The predicted octanol–water partition coefficient (Wildman–Crippen LogP) is 0.741. The van der Waals surface area contributed by atoms with Gasteiger partial charge in [-0.1, -0.05) is 6.42 Å². The largest absolute Gasteiger partial charge is 0.273 e. The third-order valence-electron chi connectivity index (χ3n) is 3.20. The van der Waals surface area contributed by atoms with E-state index < -0.39 is 10.0 Å². The molecule has 0 amide bonds. The summed E-state index contributed by atoms with van der Waals surface area (Å²) >= 11 is 0. The zero-order valence-corrected chi connectivity index (χ0v) is 11.7. The lowest BCUT2D eigenvalue weighted by Gasteiger charge is -2.25. The van der Waals surface area contributed by atoms with Crippen LogP contribution in [0.2, 0.25) is 0 Å². The Morgan fingerprint density at radius 1 is 1.17 bits per heavy atom. The topological polar surface area (TPSA) is 54.8 Å². The maximum Gasteiger partial charge on any atom is 0.273 e. The van der Waals surface area contributed by atoms with E-state index in [4.69, 9.17) is 0 Å². The number of pyridine rings is 1. The van der Waals surface area contributed by atoms with Crippen LogP contribution in [-0.4, -0.2) is 39.9 Å². The van der Waals surface area contributed by atoms with Gasteiger partial charge in [0.1, 0.15) is 11.1 Å². The highest BCUT2D eigenvalue weighted by Gasteiger charge is 2.26. The summed E-state index contributed by atoms with van der Waals surface area (Å²) in [5.41, 5.74) is 0. The van der Waals surface area contributed by atoms with Gasteiger partial charge in [-0.3, -0.25) is 4.90 Å². The molecule has 6 heteroatoms. The van der Waals surface area contributed by atoms with E-state index in [2.05, 4.69) is 4.98 Å². The molecule has 1 fully saturated rings. The van der Waals surface area contributed by atoms with E-state index in [1.807, 2.05) is 19.0 Å².